The monoisotopic (exact) mass is 2090 g/mol. The predicted molar refractivity (Wildman–Crippen MR) is 520 cm³/mol. The molecule has 0 aromatic carbocycles. The number of pyridine rings is 1. The molecule has 0 spiro atoms. The van der Waals surface area contributed by atoms with E-state index in [1.54, 1.807) is 27.8 Å². The van der Waals surface area contributed by atoms with Gasteiger partial charge in [-0.15, -0.1) is 0 Å². The van der Waals surface area contributed by atoms with Gasteiger partial charge in [0, 0.05) is 31.5 Å². The maximum Gasteiger partial charge on any atom is 0.222 e. The van der Waals surface area contributed by atoms with Crippen molar-refractivity contribution in [2.75, 3.05) is 567 Å². The third-order valence-electron chi connectivity index (χ3n) is 17.2. The van der Waals surface area contributed by atoms with Crippen LogP contribution in [0.2, 0.25) is 0 Å². The van der Waals surface area contributed by atoms with E-state index in [1.165, 1.54) is 0 Å². The first-order valence-corrected chi connectivity index (χ1v) is 52.4. The molecule has 0 aliphatic heterocycles. The van der Waals surface area contributed by atoms with Crippen LogP contribution in [0, 0.1) is 0 Å². The minimum absolute atomic E-state index is 0.0271. The van der Waals surface area contributed by atoms with Crippen LogP contribution in [0.1, 0.15) is 13.3 Å². The standard InChI is InChI=1S/C94H182N2O43S2/c1-2-98-10-11-100-14-15-102-18-19-104-22-23-106-26-27-108-30-31-110-34-35-112-38-39-114-42-43-116-46-47-118-50-51-120-54-55-122-58-59-124-62-63-126-66-67-128-70-71-130-74-75-132-78-79-134-82-83-136-86-87-138-90-91-139-89-88-137-85-84-135-81-80-133-77-76-131-73-72-129-69-68-127-65-64-125-61-60-123-57-56-121-53-52-119-49-48-117-45-44-115-41-40-113-37-36-111-33-32-109-29-28-107-25-24-105-21-20-103-17-16-101-13-12-99-9-6-93(97)95-8-92-140-141-94-5-3-4-7-96-94/h3-5,7H,2,6,8-92H2,1H3,(H,95,97). The van der Waals surface area contributed by atoms with Crippen LogP contribution in [0.5, 0.6) is 0 Å². The van der Waals surface area contributed by atoms with Crippen molar-refractivity contribution in [1.29, 1.82) is 0 Å². The Kier molecular flexibility index (Phi) is 126. The van der Waals surface area contributed by atoms with Crippen molar-refractivity contribution >= 4 is 27.5 Å². The van der Waals surface area contributed by atoms with Gasteiger partial charge in [0.05, 0.1) is 548 Å². The second-order valence-electron chi connectivity index (χ2n) is 28.5. The van der Waals surface area contributed by atoms with E-state index in [4.69, 9.17) is 199 Å². The van der Waals surface area contributed by atoms with E-state index in [2.05, 4.69) is 10.3 Å². The maximum atomic E-state index is 11.9. The number of rotatable bonds is 132. The molecule has 0 atom stereocenters. The molecule has 141 heavy (non-hydrogen) atoms. The summed E-state index contributed by atoms with van der Waals surface area (Å²) in [4.78, 5) is 16.2. The van der Waals surface area contributed by atoms with Gasteiger partial charge in [-0.3, -0.25) is 4.79 Å². The molecule has 0 radical (unpaired) electrons. The lowest BCUT2D eigenvalue weighted by Crippen LogP contribution is -2.26. The number of nitrogens with zero attached hydrogens (tertiary/aromatic N) is 1. The molecular weight excluding hydrogens is 1910 g/mol. The van der Waals surface area contributed by atoms with E-state index in [0.29, 0.717) is 568 Å². The van der Waals surface area contributed by atoms with Crippen LogP contribution in [-0.4, -0.2) is 578 Å². The van der Waals surface area contributed by atoms with Crippen molar-refractivity contribution in [2.24, 2.45) is 0 Å². The molecule has 45 nitrogen and oxygen atoms in total. The Morgan fingerprint density at radius 2 is 0.319 bits per heavy atom. The Hall–Kier alpha value is -2.36. The molecule has 0 aliphatic carbocycles. The summed E-state index contributed by atoms with van der Waals surface area (Å²) in [5, 5.41) is 3.85. The van der Waals surface area contributed by atoms with Crippen LogP contribution >= 0.6 is 21.6 Å². The van der Waals surface area contributed by atoms with Crippen molar-refractivity contribution in [1.82, 2.24) is 10.3 Å². The summed E-state index contributed by atoms with van der Waals surface area (Å²) in [5.41, 5.74) is 0. The fourth-order valence-electron chi connectivity index (χ4n) is 10.1. The molecule has 1 amide bonds. The molecule has 0 saturated heterocycles. The molecule has 1 N–H and O–H groups in total. The van der Waals surface area contributed by atoms with Gasteiger partial charge in [0.1, 0.15) is 5.03 Å². The molecule has 1 rings (SSSR count). The summed E-state index contributed by atoms with van der Waals surface area (Å²) in [6.45, 7) is 43.0. The molecule has 0 bridgehead atoms. The molecule has 47 heteroatoms. The van der Waals surface area contributed by atoms with Crippen molar-refractivity contribution in [3.8, 4) is 0 Å². The molecular formula is C94H182N2O43S2. The zero-order valence-corrected chi connectivity index (χ0v) is 86.8. The number of amides is 1. The van der Waals surface area contributed by atoms with E-state index in [9.17, 15) is 4.79 Å². The Morgan fingerprint density at radius 1 is 0.191 bits per heavy atom. The van der Waals surface area contributed by atoms with E-state index in [0.717, 1.165) is 10.8 Å². The molecule has 0 saturated carbocycles. The first-order chi connectivity index (χ1) is 70.3. The van der Waals surface area contributed by atoms with Gasteiger partial charge in [0.15, 0.2) is 0 Å². The lowest BCUT2D eigenvalue weighted by Gasteiger charge is -2.09. The van der Waals surface area contributed by atoms with E-state index >= 15 is 0 Å². The summed E-state index contributed by atoms with van der Waals surface area (Å²) < 4.78 is 232. The quantitative estimate of drug-likeness (QED) is 0.0723. The highest BCUT2D eigenvalue weighted by atomic mass is 33.1. The summed E-state index contributed by atoms with van der Waals surface area (Å²) in [6, 6.07) is 5.80. The van der Waals surface area contributed by atoms with Gasteiger partial charge >= 0.3 is 0 Å². The first-order valence-electron chi connectivity index (χ1n) is 50.0. The topological polar surface area (TPSA) is 430 Å². The number of hydrogen-bond acceptors (Lipinski definition) is 46. The van der Waals surface area contributed by atoms with E-state index in [-0.39, 0.29) is 5.91 Å². The van der Waals surface area contributed by atoms with Gasteiger partial charge in [-0.05, 0) is 29.9 Å². The van der Waals surface area contributed by atoms with Crippen LogP contribution in [-0.2, 0) is 204 Å². The Morgan fingerprint density at radius 3 is 0.440 bits per heavy atom. The molecule has 0 fully saturated rings. The lowest BCUT2D eigenvalue weighted by atomic mass is 10.4. The SMILES string of the molecule is CCOCCOCCOCCOCCOCCOCCOCCOCCOCCOCCOCCOCCOCCOCCOCCOCCOCCOCCOCCOCCOCCOCCOCCOCCOCCOCCOCCOCCOCCOCCOCCOCCOCCOCCOCCOCCOCCOCCOCCOCCOCCOCCC(=O)NCCSSc1ccccn1. The highest BCUT2D eigenvalue weighted by molar-refractivity contribution is 8.76. The zero-order chi connectivity index (χ0) is 100. The fourth-order valence-corrected chi connectivity index (χ4v) is 11.9. The Balaban J connectivity index is 1.58. The molecule has 1 heterocycles. The first kappa shape index (κ1) is 137. The van der Waals surface area contributed by atoms with Crippen LogP contribution < -0.4 is 5.32 Å². The normalized spacial score (nSPS) is 11.8. The van der Waals surface area contributed by atoms with Gasteiger partial charge in [-0.1, -0.05) is 16.9 Å². The van der Waals surface area contributed by atoms with Crippen LogP contribution in [0.25, 0.3) is 0 Å². The van der Waals surface area contributed by atoms with Crippen molar-refractivity contribution in [2.45, 2.75) is 18.4 Å². The van der Waals surface area contributed by atoms with Crippen molar-refractivity contribution in [3.63, 3.8) is 0 Å². The van der Waals surface area contributed by atoms with E-state index < -0.39 is 0 Å². The Labute approximate surface area is 847 Å². The summed E-state index contributed by atoms with van der Waals surface area (Å²) in [7, 11) is 3.25. The summed E-state index contributed by atoms with van der Waals surface area (Å²) in [6.07, 6.45) is 2.08. The average molecular weight is 2090 g/mol. The van der Waals surface area contributed by atoms with Crippen molar-refractivity contribution in [3.05, 3.63) is 24.4 Å². The number of hydrogen-bond donors (Lipinski definition) is 1. The zero-order valence-electron chi connectivity index (χ0n) is 85.1. The average Bonchev–Trinajstić information content (AvgIpc) is 0.962. The van der Waals surface area contributed by atoms with Crippen LogP contribution in [0.4, 0.5) is 0 Å². The summed E-state index contributed by atoms with van der Waals surface area (Å²) >= 11 is 0. The van der Waals surface area contributed by atoms with Gasteiger partial charge in [0.25, 0.3) is 0 Å². The highest BCUT2D eigenvalue weighted by Gasteiger charge is 2.08. The number of carbonyl (C=O) groups is 1. The smallest absolute Gasteiger partial charge is 0.222 e. The van der Waals surface area contributed by atoms with Gasteiger partial charge in [0.2, 0.25) is 5.91 Å². The van der Waals surface area contributed by atoms with E-state index in [1.807, 2.05) is 25.1 Å². The maximum absolute atomic E-state index is 11.9. The van der Waals surface area contributed by atoms with Crippen molar-refractivity contribution < 1.29 is 204 Å². The number of nitrogens with one attached hydrogen (secondary N) is 1. The molecule has 0 unspecified atom stereocenters. The predicted octanol–water partition coefficient (Wildman–Crippen LogP) is 3.05. The molecule has 1 aromatic heterocycles. The molecule has 1 aromatic rings. The van der Waals surface area contributed by atoms with Crippen LogP contribution in [0.15, 0.2) is 29.4 Å². The molecule has 838 valence electrons. The largest absolute Gasteiger partial charge is 0.379 e. The fraction of sp³-hybridized carbons (Fsp3) is 0.936. The second-order valence-corrected chi connectivity index (χ2v) is 30.9. The second kappa shape index (κ2) is 130. The number of aromatic nitrogens is 1. The molecule has 0 aliphatic rings. The Bertz CT molecular complexity index is 2270. The summed E-state index contributed by atoms with van der Waals surface area (Å²) in [5.74, 6) is 0.769. The van der Waals surface area contributed by atoms with Gasteiger partial charge in [-0.2, -0.15) is 0 Å². The minimum atomic E-state index is -0.0271. The van der Waals surface area contributed by atoms with Gasteiger partial charge in [-0.25, -0.2) is 4.98 Å². The number of carbonyl (C=O) groups excluding carboxylic acids is 1. The minimum Gasteiger partial charge on any atom is -0.379 e. The lowest BCUT2D eigenvalue weighted by molar-refractivity contribution is -0.122. The van der Waals surface area contributed by atoms with Gasteiger partial charge < -0.3 is 204 Å². The highest BCUT2D eigenvalue weighted by Crippen LogP contribution is 2.28. The third kappa shape index (κ3) is 126. The third-order valence-corrected chi connectivity index (χ3v) is 19.5. The number of ether oxygens (including phenoxy) is 42. The van der Waals surface area contributed by atoms with Crippen LogP contribution in [0.3, 0.4) is 0 Å².